The molecule has 3 aliphatic rings. The summed E-state index contributed by atoms with van der Waals surface area (Å²) < 4.78 is 40.7. The number of alkyl halides is 1. The summed E-state index contributed by atoms with van der Waals surface area (Å²) in [5.74, 6) is 0. The van der Waals surface area contributed by atoms with Crippen LogP contribution in [-0.4, -0.2) is 46.7 Å². The van der Waals surface area contributed by atoms with Gasteiger partial charge in [0.25, 0.3) is 0 Å². The first-order valence-corrected chi connectivity index (χ1v) is 7.78. The smallest absolute Gasteiger partial charge is 0.337 e. The van der Waals surface area contributed by atoms with Crippen LogP contribution in [0.25, 0.3) is 10.4 Å². The molecule has 0 saturated carbocycles. The normalized spacial score (nSPS) is 42.9. The number of nitrogens with zero attached hydrogens (tertiary/aromatic N) is 4. The Morgan fingerprint density at radius 1 is 1.70 bits per heavy atom. The van der Waals surface area contributed by atoms with Gasteiger partial charge in [0.05, 0.1) is 6.61 Å². The van der Waals surface area contributed by atoms with Gasteiger partial charge in [-0.05, 0) is 11.6 Å². The minimum Gasteiger partial charge on any atom is -0.337 e. The lowest BCUT2D eigenvalue weighted by atomic mass is 10.1. The van der Waals surface area contributed by atoms with Crippen molar-refractivity contribution in [3.05, 3.63) is 35.0 Å². The Morgan fingerprint density at radius 3 is 3.09 bits per heavy atom. The second-order valence-corrected chi connectivity index (χ2v) is 6.34. The largest absolute Gasteiger partial charge is 0.472 e. The third kappa shape index (κ3) is 2.61. The highest BCUT2D eigenvalue weighted by Gasteiger charge is 2.64. The number of carbonyl (C=O) groups excluding carboxylic acids is 1. The van der Waals surface area contributed by atoms with Crippen LogP contribution in [0.4, 0.5) is 9.18 Å². The average molecular weight is 347 g/mol. The molecule has 0 aromatic carbocycles. The van der Waals surface area contributed by atoms with E-state index in [0.29, 0.717) is 5.70 Å². The van der Waals surface area contributed by atoms with E-state index >= 15 is 0 Å². The maximum Gasteiger partial charge on any atom is 0.472 e. The first kappa shape index (κ1) is 15.9. The molecule has 13 heteroatoms. The third-order valence-corrected chi connectivity index (χ3v) is 4.39. The molecule has 23 heavy (non-hydrogen) atoms. The van der Waals surface area contributed by atoms with Crippen molar-refractivity contribution in [2.24, 2.45) is 5.11 Å². The van der Waals surface area contributed by atoms with Crippen LogP contribution in [0.2, 0.25) is 0 Å². The Balaban J connectivity index is 1.95. The maximum atomic E-state index is 14.7. The Hall–Kier alpha value is -1.94. The Bertz CT molecular complexity index is 695. The summed E-state index contributed by atoms with van der Waals surface area (Å²) in [5, 5.41) is 5.66. The fourth-order valence-electron chi connectivity index (χ4n) is 2.42. The SMILES string of the molecule is C=C1C=CN([C@@H]2O[C@]3(N=[N+]=[N-])COP(=O)(O)O[C@H]3[C@H]2F)C(=O)N1. The molecule has 0 aromatic heterocycles. The van der Waals surface area contributed by atoms with Gasteiger partial charge < -0.3 is 14.9 Å². The predicted molar refractivity (Wildman–Crippen MR) is 70.9 cm³/mol. The van der Waals surface area contributed by atoms with Crippen molar-refractivity contribution in [3.8, 4) is 0 Å². The van der Waals surface area contributed by atoms with E-state index in [-0.39, 0.29) is 0 Å². The van der Waals surface area contributed by atoms with Gasteiger partial charge >= 0.3 is 13.9 Å². The molecule has 0 spiro atoms. The summed E-state index contributed by atoms with van der Waals surface area (Å²) in [6, 6.07) is -0.729. The van der Waals surface area contributed by atoms with Crippen LogP contribution in [0.1, 0.15) is 0 Å². The quantitative estimate of drug-likeness (QED) is 0.333. The van der Waals surface area contributed by atoms with Gasteiger partial charge in [0, 0.05) is 16.8 Å². The summed E-state index contributed by atoms with van der Waals surface area (Å²) in [4.78, 5) is 24.6. The lowest BCUT2D eigenvalue weighted by Gasteiger charge is -2.34. The van der Waals surface area contributed by atoms with Crippen molar-refractivity contribution < 1.29 is 32.4 Å². The highest BCUT2D eigenvalue weighted by Crippen LogP contribution is 2.56. The molecule has 3 aliphatic heterocycles. The van der Waals surface area contributed by atoms with Crippen LogP contribution in [0.15, 0.2) is 29.7 Å². The van der Waals surface area contributed by atoms with Gasteiger partial charge in [-0.25, -0.2) is 13.8 Å². The molecule has 0 bridgehead atoms. The standard InChI is InChI=1S/C10H11FN5O6P/c1-5-2-3-16(9(17)13-5)8-6(11)7-10(21-8,14-15-12)4-20-23(18,19)22-7/h2-3,6-8H,1,4H2,(H,13,17)(H,18,19)/t6-,7+,8-,10-/m1/s1. The van der Waals surface area contributed by atoms with Crippen LogP contribution in [0.5, 0.6) is 0 Å². The van der Waals surface area contributed by atoms with E-state index in [1.807, 2.05) is 0 Å². The minimum absolute atomic E-state index is 0.293. The average Bonchev–Trinajstić information content (AvgIpc) is 2.73. The number of rotatable bonds is 2. The number of urea groups is 1. The van der Waals surface area contributed by atoms with E-state index in [0.717, 1.165) is 4.90 Å². The Labute approximate surface area is 128 Å². The lowest BCUT2D eigenvalue weighted by Crippen LogP contribution is -2.49. The van der Waals surface area contributed by atoms with Crippen molar-refractivity contribution >= 4 is 13.9 Å². The molecule has 1 unspecified atom stereocenters. The summed E-state index contributed by atoms with van der Waals surface area (Å²) in [6.07, 6.45) is -2.70. The molecule has 2 N–H and O–H groups in total. The first-order valence-electron chi connectivity index (χ1n) is 6.28. The van der Waals surface area contributed by atoms with E-state index in [9.17, 15) is 18.6 Å². The van der Waals surface area contributed by atoms with Crippen molar-refractivity contribution in [1.82, 2.24) is 10.2 Å². The molecule has 5 atom stereocenters. The molecule has 11 nitrogen and oxygen atoms in total. The predicted octanol–water partition coefficient (Wildman–Crippen LogP) is 1.26. The fourth-order valence-corrected chi connectivity index (χ4v) is 3.40. The molecule has 2 saturated heterocycles. The highest BCUT2D eigenvalue weighted by molar-refractivity contribution is 7.47. The first-order chi connectivity index (χ1) is 10.8. The topological polar surface area (TPSA) is 146 Å². The molecular weight excluding hydrogens is 336 g/mol. The number of hydrogen-bond acceptors (Lipinski definition) is 6. The Morgan fingerprint density at radius 2 is 2.43 bits per heavy atom. The molecule has 3 rings (SSSR count). The maximum absolute atomic E-state index is 14.7. The zero-order chi connectivity index (χ0) is 16.8. The van der Waals surface area contributed by atoms with Crippen molar-refractivity contribution in [1.29, 1.82) is 0 Å². The minimum atomic E-state index is -4.51. The van der Waals surface area contributed by atoms with E-state index in [4.69, 9.17) is 10.3 Å². The molecular formula is C10H11FN5O6P. The van der Waals surface area contributed by atoms with Crippen molar-refractivity contribution in [3.63, 3.8) is 0 Å². The number of azide groups is 1. The van der Waals surface area contributed by atoms with E-state index in [1.54, 1.807) is 0 Å². The molecule has 2 fully saturated rings. The number of carbonyl (C=O) groups is 1. The number of allylic oxidation sites excluding steroid dienone is 1. The van der Waals surface area contributed by atoms with E-state index < -0.39 is 44.7 Å². The zero-order valence-corrected chi connectivity index (χ0v) is 12.3. The van der Waals surface area contributed by atoms with Crippen molar-refractivity contribution in [2.45, 2.75) is 24.2 Å². The highest BCUT2D eigenvalue weighted by atomic mass is 31.2. The second kappa shape index (κ2) is 5.31. The number of ether oxygens (including phenoxy) is 1. The van der Waals surface area contributed by atoms with Gasteiger partial charge in [-0.2, -0.15) is 0 Å². The Kier molecular flexibility index (Phi) is 3.68. The van der Waals surface area contributed by atoms with E-state index in [2.05, 4.69) is 31.0 Å². The van der Waals surface area contributed by atoms with Gasteiger partial charge in [-0.15, -0.1) is 0 Å². The monoisotopic (exact) mass is 347 g/mol. The van der Waals surface area contributed by atoms with Crippen LogP contribution in [0.3, 0.4) is 0 Å². The molecule has 3 heterocycles. The van der Waals surface area contributed by atoms with Gasteiger partial charge in [0.2, 0.25) is 5.72 Å². The summed E-state index contributed by atoms with van der Waals surface area (Å²) in [5.41, 5.74) is 6.95. The fraction of sp³-hybridized carbons (Fsp3) is 0.500. The lowest BCUT2D eigenvalue weighted by molar-refractivity contribution is -0.143. The van der Waals surface area contributed by atoms with Gasteiger partial charge in [0.15, 0.2) is 12.4 Å². The molecule has 0 radical (unpaired) electrons. The number of fused-ring (bicyclic) bond motifs is 1. The van der Waals surface area contributed by atoms with Crippen LogP contribution < -0.4 is 5.32 Å². The van der Waals surface area contributed by atoms with E-state index in [1.165, 1.54) is 12.3 Å². The van der Waals surface area contributed by atoms with Gasteiger partial charge in [-0.3, -0.25) is 13.9 Å². The molecule has 0 aromatic rings. The van der Waals surface area contributed by atoms with Crippen molar-refractivity contribution in [2.75, 3.05) is 6.61 Å². The molecule has 2 amide bonds. The molecule has 124 valence electrons. The number of phosphoric ester groups is 1. The molecule has 0 aliphatic carbocycles. The number of halogens is 1. The third-order valence-electron chi connectivity index (χ3n) is 3.44. The van der Waals surface area contributed by atoms with Gasteiger partial charge in [-0.1, -0.05) is 11.7 Å². The number of phosphoric acid groups is 1. The van der Waals surface area contributed by atoms with Gasteiger partial charge in [0.1, 0.15) is 6.10 Å². The summed E-state index contributed by atoms with van der Waals surface area (Å²) in [7, 11) is -4.51. The summed E-state index contributed by atoms with van der Waals surface area (Å²) in [6.45, 7) is 2.82. The summed E-state index contributed by atoms with van der Waals surface area (Å²) >= 11 is 0. The second-order valence-electron chi connectivity index (χ2n) is 4.93. The number of amides is 2. The number of nitrogens with one attached hydrogen (secondary N) is 1. The van der Waals surface area contributed by atoms with Crippen LogP contribution in [0, 0.1) is 0 Å². The van der Waals surface area contributed by atoms with Crippen LogP contribution in [-0.2, 0) is 18.3 Å². The van der Waals surface area contributed by atoms with Crippen LogP contribution >= 0.6 is 7.82 Å². The zero-order valence-electron chi connectivity index (χ0n) is 11.4. The number of hydrogen-bond donors (Lipinski definition) is 2.